The zero-order chi connectivity index (χ0) is 15.1. The highest BCUT2D eigenvalue weighted by Gasteiger charge is 2.14. The summed E-state index contributed by atoms with van der Waals surface area (Å²) >= 11 is 12.3. The Labute approximate surface area is 129 Å². The monoisotopic (exact) mass is 318 g/mol. The van der Waals surface area contributed by atoms with E-state index in [-0.39, 0.29) is 18.5 Å². The molecule has 0 saturated carbocycles. The first-order valence-electron chi connectivity index (χ1n) is 6.73. The molecular formula is C15H20Cl2O3. The summed E-state index contributed by atoms with van der Waals surface area (Å²) in [7, 11) is 0. The Hall–Kier alpha value is -0.770. The van der Waals surface area contributed by atoms with E-state index in [1.54, 1.807) is 19.1 Å². The van der Waals surface area contributed by atoms with Gasteiger partial charge in [-0.1, -0.05) is 30.1 Å². The number of esters is 1. The first-order chi connectivity index (χ1) is 9.49. The molecule has 5 heteroatoms. The van der Waals surface area contributed by atoms with Crippen LogP contribution in [-0.2, 0) is 16.1 Å². The fourth-order valence-corrected chi connectivity index (χ4v) is 2.65. The summed E-state index contributed by atoms with van der Waals surface area (Å²) in [6.07, 6.45) is 1.99. The maximum Gasteiger partial charge on any atom is 0.305 e. The number of hydrogen-bond donors (Lipinski definition) is 1. The average Bonchev–Trinajstić information content (AvgIpc) is 2.41. The molecule has 1 aromatic carbocycles. The van der Waals surface area contributed by atoms with Gasteiger partial charge < -0.3 is 9.84 Å². The minimum Gasteiger partial charge on any atom is -0.466 e. The predicted molar refractivity (Wildman–Crippen MR) is 81.3 cm³/mol. The van der Waals surface area contributed by atoms with Crippen LogP contribution in [-0.4, -0.2) is 17.7 Å². The van der Waals surface area contributed by atoms with Crippen LogP contribution < -0.4 is 0 Å². The van der Waals surface area contributed by atoms with Crippen molar-refractivity contribution in [3.63, 3.8) is 0 Å². The number of rotatable bonds is 7. The van der Waals surface area contributed by atoms with Crippen molar-refractivity contribution in [2.24, 2.45) is 0 Å². The number of ether oxygens (including phenoxy) is 1. The standard InChI is InChI=1S/C15H20Cl2O3/c1-3-20-15(19)6-4-5-10(2)12-8-13(16)11(9-18)7-14(12)17/h7-8,10,18H,3-6,9H2,1-2H3. The minimum absolute atomic E-state index is 0.129. The molecule has 1 atom stereocenters. The quantitative estimate of drug-likeness (QED) is 0.761. The van der Waals surface area contributed by atoms with E-state index in [2.05, 4.69) is 0 Å². The summed E-state index contributed by atoms with van der Waals surface area (Å²) in [5.74, 6) is 0.0293. The third kappa shape index (κ3) is 4.97. The summed E-state index contributed by atoms with van der Waals surface area (Å²) in [5.41, 5.74) is 1.57. The van der Waals surface area contributed by atoms with Gasteiger partial charge in [-0.05, 0) is 48.9 Å². The van der Waals surface area contributed by atoms with E-state index >= 15 is 0 Å². The average molecular weight is 319 g/mol. The molecule has 0 radical (unpaired) electrons. The number of halogens is 2. The molecule has 1 aromatic rings. The molecule has 0 amide bonds. The van der Waals surface area contributed by atoms with Crippen LogP contribution in [0.2, 0.25) is 10.0 Å². The first-order valence-corrected chi connectivity index (χ1v) is 7.49. The molecule has 0 fully saturated rings. The number of carbonyl (C=O) groups excluding carboxylic acids is 1. The smallest absolute Gasteiger partial charge is 0.305 e. The molecule has 20 heavy (non-hydrogen) atoms. The lowest BCUT2D eigenvalue weighted by molar-refractivity contribution is -0.143. The normalized spacial score (nSPS) is 12.2. The van der Waals surface area contributed by atoms with E-state index in [1.165, 1.54) is 0 Å². The van der Waals surface area contributed by atoms with Gasteiger partial charge >= 0.3 is 5.97 Å². The number of hydrogen-bond acceptors (Lipinski definition) is 3. The Morgan fingerprint density at radius 2 is 2.05 bits per heavy atom. The van der Waals surface area contributed by atoms with E-state index in [4.69, 9.17) is 33.0 Å². The second kappa shape index (κ2) is 8.50. The molecule has 0 aliphatic carbocycles. The van der Waals surface area contributed by atoms with Crippen molar-refractivity contribution in [1.29, 1.82) is 0 Å². The molecule has 0 bridgehead atoms. The summed E-state index contributed by atoms with van der Waals surface area (Å²) in [4.78, 5) is 11.3. The molecular weight excluding hydrogens is 299 g/mol. The fraction of sp³-hybridized carbons (Fsp3) is 0.533. The van der Waals surface area contributed by atoms with Gasteiger partial charge in [-0.2, -0.15) is 0 Å². The van der Waals surface area contributed by atoms with Crippen LogP contribution >= 0.6 is 23.2 Å². The Kier molecular flexibility index (Phi) is 7.35. The van der Waals surface area contributed by atoms with E-state index in [0.717, 1.165) is 18.4 Å². The van der Waals surface area contributed by atoms with Gasteiger partial charge in [0.1, 0.15) is 0 Å². The van der Waals surface area contributed by atoms with E-state index in [1.807, 2.05) is 6.92 Å². The van der Waals surface area contributed by atoms with Gasteiger partial charge in [-0.3, -0.25) is 4.79 Å². The summed E-state index contributed by atoms with van der Waals surface area (Å²) in [6, 6.07) is 3.49. The molecule has 1 rings (SSSR count). The largest absolute Gasteiger partial charge is 0.466 e. The number of aliphatic hydroxyl groups excluding tert-OH is 1. The Morgan fingerprint density at radius 3 is 2.65 bits per heavy atom. The van der Waals surface area contributed by atoms with Crippen molar-refractivity contribution in [2.45, 2.75) is 45.6 Å². The van der Waals surface area contributed by atoms with Crippen LogP contribution in [0.3, 0.4) is 0 Å². The molecule has 3 nitrogen and oxygen atoms in total. The highest BCUT2D eigenvalue weighted by molar-refractivity contribution is 6.34. The molecule has 0 saturated heterocycles. The van der Waals surface area contributed by atoms with Crippen LogP contribution in [0.4, 0.5) is 0 Å². The highest BCUT2D eigenvalue weighted by Crippen LogP contribution is 2.32. The van der Waals surface area contributed by atoms with Gasteiger partial charge in [0, 0.05) is 16.5 Å². The van der Waals surface area contributed by atoms with Crippen molar-refractivity contribution in [2.75, 3.05) is 6.61 Å². The predicted octanol–water partition coefficient (Wildman–Crippen LogP) is 4.32. The first kappa shape index (κ1) is 17.3. The lowest BCUT2D eigenvalue weighted by atomic mass is 9.94. The van der Waals surface area contributed by atoms with Crippen LogP contribution in [0, 0.1) is 0 Å². The van der Waals surface area contributed by atoms with Crippen molar-refractivity contribution in [3.05, 3.63) is 33.3 Å². The summed E-state index contributed by atoms with van der Waals surface area (Å²) in [6.45, 7) is 4.13. The van der Waals surface area contributed by atoms with Gasteiger partial charge in [-0.15, -0.1) is 0 Å². The maximum atomic E-state index is 11.3. The third-order valence-electron chi connectivity index (χ3n) is 3.19. The van der Waals surface area contributed by atoms with Gasteiger partial charge in [0.2, 0.25) is 0 Å². The van der Waals surface area contributed by atoms with Gasteiger partial charge in [-0.25, -0.2) is 0 Å². The Morgan fingerprint density at radius 1 is 1.35 bits per heavy atom. The van der Waals surface area contributed by atoms with Crippen molar-refractivity contribution in [1.82, 2.24) is 0 Å². The van der Waals surface area contributed by atoms with Gasteiger partial charge in [0.05, 0.1) is 13.2 Å². The highest BCUT2D eigenvalue weighted by atomic mass is 35.5. The number of carbonyl (C=O) groups is 1. The van der Waals surface area contributed by atoms with Crippen molar-refractivity contribution in [3.8, 4) is 0 Å². The third-order valence-corrected chi connectivity index (χ3v) is 3.87. The Balaban J connectivity index is 2.61. The van der Waals surface area contributed by atoms with Crippen LogP contribution in [0.5, 0.6) is 0 Å². The Bertz CT molecular complexity index is 461. The van der Waals surface area contributed by atoms with Gasteiger partial charge in [0.25, 0.3) is 0 Å². The van der Waals surface area contributed by atoms with Gasteiger partial charge in [0.15, 0.2) is 0 Å². The number of aliphatic hydroxyl groups is 1. The SMILES string of the molecule is CCOC(=O)CCCC(C)c1cc(Cl)c(CO)cc1Cl. The molecule has 0 aliphatic rings. The van der Waals surface area contributed by atoms with E-state index in [9.17, 15) is 4.79 Å². The van der Waals surface area contributed by atoms with E-state index in [0.29, 0.717) is 28.6 Å². The second-order valence-electron chi connectivity index (χ2n) is 4.72. The lowest BCUT2D eigenvalue weighted by Crippen LogP contribution is -2.04. The van der Waals surface area contributed by atoms with E-state index < -0.39 is 0 Å². The summed E-state index contributed by atoms with van der Waals surface area (Å²) in [5, 5.41) is 10.2. The zero-order valence-electron chi connectivity index (χ0n) is 11.8. The zero-order valence-corrected chi connectivity index (χ0v) is 13.3. The van der Waals surface area contributed by atoms with Crippen LogP contribution in [0.15, 0.2) is 12.1 Å². The lowest BCUT2D eigenvalue weighted by Gasteiger charge is -2.15. The molecule has 112 valence electrons. The van der Waals surface area contributed by atoms with Crippen LogP contribution in [0.1, 0.15) is 50.2 Å². The van der Waals surface area contributed by atoms with Crippen molar-refractivity contribution >= 4 is 29.2 Å². The topological polar surface area (TPSA) is 46.5 Å². The maximum absolute atomic E-state index is 11.3. The molecule has 1 N–H and O–H groups in total. The molecule has 0 spiro atoms. The minimum atomic E-state index is -0.167. The second-order valence-corrected chi connectivity index (χ2v) is 5.54. The van der Waals surface area contributed by atoms with Crippen LogP contribution in [0.25, 0.3) is 0 Å². The molecule has 0 aliphatic heterocycles. The molecule has 0 aromatic heterocycles. The number of benzene rings is 1. The molecule has 1 unspecified atom stereocenters. The van der Waals surface area contributed by atoms with Crippen molar-refractivity contribution < 1.29 is 14.6 Å². The fourth-order valence-electron chi connectivity index (χ4n) is 2.04. The summed E-state index contributed by atoms with van der Waals surface area (Å²) < 4.78 is 4.89. The molecule has 0 heterocycles.